The topological polar surface area (TPSA) is 56.1 Å². The van der Waals surface area contributed by atoms with E-state index in [1.165, 1.54) is 6.33 Å². The van der Waals surface area contributed by atoms with E-state index in [9.17, 15) is 17.6 Å². The second-order valence-electron chi connectivity index (χ2n) is 6.45. The van der Waals surface area contributed by atoms with Crippen molar-refractivity contribution in [3.63, 3.8) is 0 Å². The summed E-state index contributed by atoms with van der Waals surface area (Å²) in [5.41, 5.74) is 1.75. The van der Waals surface area contributed by atoms with Crippen LogP contribution in [0.4, 0.5) is 23.4 Å². The Morgan fingerprint density at radius 1 is 1.26 bits per heavy atom. The van der Waals surface area contributed by atoms with Crippen LogP contribution in [0.1, 0.15) is 35.6 Å². The molecule has 3 rings (SSSR count). The van der Waals surface area contributed by atoms with Gasteiger partial charge in [0, 0.05) is 17.8 Å². The fraction of sp³-hybridized carbons (Fsp3) is 0.588. The first-order chi connectivity index (χ1) is 12.7. The number of aromatic nitrogens is 4. The van der Waals surface area contributed by atoms with Crippen LogP contribution < -0.4 is 4.90 Å². The Bertz CT molecular complexity index is 820. The van der Waals surface area contributed by atoms with Crippen LogP contribution in [-0.4, -0.2) is 45.7 Å². The van der Waals surface area contributed by atoms with Crippen LogP contribution in [0, 0.1) is 19.7 Å². The zero-order valence-corrected chi connectivity index (χ0v) is 15.3. The molecule has 148 valence electrons. The molecule has 1 atom stereocenters. The number of hydrogen-bond acceptors (Lipinski definition) is 5. The molecule has 2 aromatic heterocycles. The highest BCUT2D eigenvalue weighted by Crippen LogP contribution is 2.34. The first kappa shape index (κ1) is 19.5. The number of nitrogens with zero attached hydrogens (tertiary/aromatic N) is 5. The van der Waals surface area contributed by atoms with Crippen molar-refractivity contribution in [2.45, 2.75) is 46.0 Å². The molecule has 2 aromatic rings. The normalized spacial score (nSPS) is 18.2. The van der Waals surface area contributed by atoms with E-state index in [0.29, 0.717) is 42.2 Å². The maximum absolute atomic E-state index is 14.8. The molecule has 6 nitrogen and oxygen atoms in total. The maximum Gasteiger partial charge on any atom is 0.408 e. The van der Waals surface area contributed by atoms with Crippen LogP contribution in [0.3, 0.4) is 0 Å². The summed E-state index contributed by atoms with van der Waals surface area (Å²) < 4.78 is 59.7. The van der Waals surface area contributed by atoms with Crippen LogP contribution in [-0.2, 0) is 17.7 Å². The molecule has 1 fully saturated rings. The van der Waals surface area contributed by atoms with Crippen molar-refractivity contribution in [2.75, 3.05) is 24.7 Å². The van der Waals surface area contributed by atoms with Crippen LogP contribution in [0.5, 0.6) is 0 Å². The maximum atomic E-state index is 14.8. The summed E-state index contributed by atoms with van der Waals surface area (Å²) in [7, 11) is 0. The quantitative estimate of drug-likeness (QED) is 0.755. The Balaban J connectivity index is 2.02. The van der Waals surface area contributed by atoms with Gasteiger partial charge in [0.25, 0.3) is 0 Å². The third kappa shape index (κ3) is 3.90. The van der Waals surface area contributed by atoms with Crippen molar-refractivity contribution in [1.29, 1.82) is 0 Å². The van der Waals surface area contributed by atoms with Crippen LogP contribution in [0.15, 0.2) is 6.33 Å². The minimum Gasteiger partial charge on any atom is -0.377 e. The lowest BCUT2D eigenvalue weighted by Crippen LogP contribution is -2.41. The zero-order chi connectivity index (χ0) is 19.8. The molecule has 0 N–H and O–H groups in total. The number of ether oxygens (including phenoxy) is 1. The number of aryl methyl sites for hydroxylation is 2. The van der Waals surface area contributed by atoms with Crippen molar-refractivity contribution >= 4 is 5.82 Å². The molecule has 0 spiro atoms. The van der Waals surface area contributed by atoms with Gasteiger partial charge in [-0.2, -0.15) is 18.3 Å². The average molecular weight is 387 g/mol. The lowest BCUT2D eigenvalue weighted by atomic mass is 10.0. The van der Waals surface area contributed by atoms with E-state index in [2.05, 4.69) is 15.1 Å². The predicted molar refractivity (Wildman–Crippen MR) is 90.0 cm³/mol. The minimum atomic E-state index is -4.38. The van der Waals surface area contributed by atoms with Gasteiger partial charge in [0.15, 0.2) is 11.6 Å². The Kier molecular flexibility index (Phi) is 5.36. The molecule has 3 heterocycles. The highest BCUT2D eigenvalue weighted by molar-refractivity contribution is 5.47. The van der Waals surface area contributed by atoms with E-state index in [1.807, 2.05) is 0 Å². The smallest absolute Gasteiger partial charge is 0.377 e. The van der Waals surface area contributed by atoms with Gasteiger partial charge in [-0.05, 0) is 20.3 Å². The van der Waals surface area contributed by atoms with E-state index in [1.54, 1.807) is 25.7 Å². The Morgan fingerprint density at radius 3 is 2.67 bits per heavy atom. The molecule has 0 amide bonds. The monoisotopic (exact) mass is 387 g/mol. The molecule has 0 radical (unpaired) electrons. The number of alkyl halides is 3. The summed E-state index contributed by atoms with van der Waals surface area (Å²) in [5, 5.41) is 4.04. The van der Waals surface area contributed by atoms with Gasteiger partial charge in [0.1, 0.15) is 12.9 Å². The van der Waals surface area contributed by atoms with Crippen molar-refractivity contribution in [3.8, 4) is 0 Å². The van der Waals surface area contributed by atoms with Gasteiger partial charge in [-0.3, -0.25) is 4.68 Å². The van der Waals surface area contributed by atoms with E-state index in [0.717, 1.165) is 4.68 Å². The number of hydrogen-bond donors (Lipinski definition) is 0. The molecule has 1 saturated heterocycles. The van der Waals surface area contributed by atoms with E-state index >= 15 is 0 Å². The van der Waals surface area contributed by atoms with Gasteiger partial charge < -0.3 is 9.64 Å². The van der Waals surface area contributed by atoms with E-state index < -0.39 is 24.6 Å². The number of halogens is 4. The Morgan fingerprint density at radius 2 is 2.00 bits per heavy atom. The fourth-order valence-electron chi connectivity index (χ4n) is 3.46. The Labute approximate surface area is 154 Å². The molecule has 0 aliphatic carbocycles. The zero-order valence-electron chi connectivity index (χ0n) is 15.3. The minimum absolute atomic E-state index is 0.137. The predicted octanol–water partition coefficient (Wildman–Crippen LogP) is 3.13. The first-order valence-corrected chi connectivity index (χ1v) is 8.67. The Hall–Kier alpha value is -2.23. The molecular formula is C17H21F4N5O. The van der Waals surface area contributed by atoms with Crippen LogP contribution in [0.25, 0.3) is 0 Å². The molecule has 0 aromatic carbocycles. The van der Waals surface area contributed by atoms with Crippen molar-refractivity contribution in [3.05, 3.63) is 34.8 Å². The number of rotatable bonds is 4. The molecule has 1 aliphatic heterocycles. The lowest BCUT2D eigenvalue weighted by molar-refractivity contribution is -0.142. The van der Waals surface area contributed by atoms with Crippen molar-refractivity contribution < 1.29 is 22.3 Å². The molecule has 10 heteroatoms. The van der Waals surface area contributed by atoms with Crippen molar-refractivity contribution in [1.82, 2.24) is 19.7 Å². The fourth-order valence-corrected chi connectivity index (χ4v) is 3.46. The van der Waals surface area contributed by atoms with E-state index in [-0.39, 0.29) is 12.4 Å². The summed E-state index contributed by atoms with van der Waals surface area (Å²) >= 11 is 0. The average Bonchev–Trinajstić information content (AvgIpc) is 2.87. The van der Waals surface area contributed by atoms with Gasteiger partial charge in [-0.15, -0.1) is 0 Å². The number of morpholine rings is 1. The summed E-state index contributed by atoms with van der Waals surface area (Å²) in [4.78, 5) is 9.76. The lowest BCUT2D eigenvalue weighted by Gasteiger charge is -2.37. The summed E-state index contributed by atoms with van der Waals surface area (Å²) in [6, 6.07) is -0.477. The van der Waals surface area contributed by atoms with Gasteiger partial charge >= 0.3 is 6.18 Å². The largest absolute Gasteiger partial charge is 0.408 e. The number of anilines is 1. The van der Waals surface area contributed by atoms with Crippen LogP contribution >= 0.6 is 0 Å². The van der Waals surface area contributed by atoms with Gasteiger partial charge in [0.05, 0.1) is 30.6 Å². The van der Waals surface area contributed by atoms with E-state index in [4.69, 9.17) is 4.74 Å². The standard InChI is InChI=1S/C17H21F4N5O/c1-4-12-15(18)16(23-9-22-12)25-5-6-27-7-13(25)14-10(2)24-26(11(14)3)8-17(19,20)21/h9,13H,4-8H2,1-3H3/t13-/m0/s1. The van der Waals surface area contributed by atoms with Gasteiger partial charge in [0.2, 0.25) is 0 Å². The summed E-state index contributed by atoms with van der Waals surface area (Å²) in [5.74, 6) is -0.373. The molecule has 1 aliphatic rings. The highest BCUT2D eigenvalue weighted by atomic mass is 19.4. The molecule has 27 heavy (non-hydrogen) atoms. The second-order valence-corrected chi connectivity index (χ2v) is 6.45. The third-order valence-electron chi connectivity index (χ3n) is 4.68. The van der Waals surface area contributed by atoms with Gasteiger partial charge in [-0.25, -0.2) is 14.4 Å². The highest BCUT2D eigenvalue weighted by Gasteiger charge is 2.35. The molecule has 0 saturated carbocycles. The first-order valence-electron chi connectivity index (χ1n) is 8.67. The third-order valence-corrected chi connectivity index (χ3v) is 4.68. The van der Waals surface area contributed by atoms with Crippen LogP contribution in [0.2, 0.25) is 0 Å². The second kappa shape index (κ2) is 7.41. The summed E-state index contributed by atoms with van der Waals surface area (Å²) in [6.45, 7) is 4.81. The van der Waals surface area contributed by atoms with Crippen molar-refractivity contribution in [2.24, 2.45) is 0 Å². The molecule has 0 unspecified atom stereocenters. The van der Waals surface area contributed by atoms with Gasteiger partial charge in [-0.1, -0.05) is 6.92 Å². The molecular weight excluding hydrogens is 366 g/mol. The SMILES string of the molecule is CCc1ncnc(N2CCOC[C@H]2c2c(C)nn(CC(F)(F)F)c2C)c1F. The summed E-state index contributed by atoms with van der Waals surface area (Å²) in [6.07, 6.45) is -2.66. The molecule has 0 bridgehead atoms.